The van der Waals surface area contributed by atoms with Gasteiger partial charge in [0.05, 0.1) is 5.56 Å². The number of fused-ring (bicyclic) bond motifs is 1. The fraction of sp³-hybridized carbons (Fsp3) is 0.550. The van der Waals surface area contributed by atoms with Gasteiger partial charge < -0.3 is 15.0 Å². The lowest BCUT2D eigenvalue weighted by molar-refractivity contribution is -0.140. The number of likely N-dealkylation sites (tertiary alicyclic amines) is 1. The van der Waals surface area contributed by atoms with E-state index >= 15 is 0 Å². The van der Waals surface area contributed by atoms with Gasteiger partial charge in [-0.25, -0.2) is 4.79 Å². The molecule has 1 saturated heterocycles. The molecule has 1 saturated carbocycles. The van der Waals surface area contributed by atoms with E-state index in [1.807, 2.05) is 4.90 Å². The van der Waals surface area contributed by atoms with Gasteiger partial charge in [0.25, 0.3) is 5.91 Å². The summed E-state index contributed by atoms with van der Waals surface area (Å²) in [4.78, 5) is 37.9. The average Bonchev–Trinajstić information content (AvgIpc) is 2.65. The summed E-state index contributed by atoms with van der Waals surface area (Å²) in [6, 6.07) is 6.83. The Bertz CT molecular complexity index is 686. The van der Waals surface area contributed by atoms with Crippen molar-refractivity contribution in [3.63, 3.8) is 0 Å². The van der Waals surface area contributed by atoms with Crippen molar-refractivity contribution in [1.29, 1.82) is 0 Å². The summed E-state index contributed by atoms with van der Waals surface area (Å²) in [5.41, 5.74) is 0.845. The molecular formula is C20H26N2O4. The van der Waals surface area contributed by atoms with Gasteiger partial charge in [0.2, 0.25) is 5.91 Å². The number of nitrogens with zero attached hydrogens (tertiary/aromatic N) is 1. The summed E-state index contributed by atoms with van der Waals surface area (Å²) in [7, 11) is 0. The minimum atomic E-state index is -0.553. The van der Waals surface area contributed by atoms with Crippen LogP contribution >= 0.6 is 0 Å². The van der Waals surface area contributed by atoms with Crippen LogP contribution in [0, 0.1) is 5.92 Å². The highest BCUT2D eigenvalue weighted by atomic mass is 16.5. The predicted octanol–water partition coefficient (Wildman–Crippen LogP) is 2.98. The minimum Gasteiger partial charge on any atom is -0.452 e. The molecule has 0 bridgehead atoms. The number of hydrogen-bond donors (Lipinski definition) is 1. The Hall–Kier alpha value is -2.37. The van der Waals surface area contributed by atoms with Crippen LogP contribution in [-0.4, -0.2) is 41.9 Å². The van der Waals surface area contributed by atoms with Gasteiger partial charge in [0, 0.05) is 25.2 Å². The number of nitrogens with one attached hydrogen (secondary N) is 1. The third kappa shape index (κ3) is 4.42. The number of esters is 1. The molecule has 0 radical (unpaired) electrons. The number of benzene rings is 1. The summed E-state index contributed by atoms with van der Waals surface area (Å²) in [6.07, 6.45) is 6.90. The highest BCUT2D eigenvalue weighted by Crippen LogP contribution is 2.35. The Morgan fingerprint density at radius 2 is 1.92 bits per heavy atom. The topological polar surface area (TPSA) is 75.7 Å². The van der Waals surface area contributed by atoms with Crippen molar-refractivity contribution in [2.75, 3.05) is 18.5 Å². The molecule has 2 aliphatic rings. The summed E-state index contributed by atoms with van der Waals surface area (Å²) in [5.74, 6) is -0.264. The van der Waals surface area contributed by atoms with E-state index in [0.717, 1.165) is 19.4 Å². The molecule has 2 amide bonds. The van der Waals surface area contributed by atoms with Crippen LogP contribution in [-0.2, 0) is 14.3 Å². The summed E-state index contributed by atoms with van der Waals surface area (Å²) in [6.45, 7) is 1.93. The summed E-state index contributed by atoms with van der Waals surface area (Å²) < 4.78 is 5.24. The van der Waals surface area contributed by atoms with Gasteiger partial charge >= 0.3 is 5.97 Å². The average molecular weight is 358 g/mol. The zero-order chi connectivity index (χ0) is 18.5. The van der Waals surface area contributed by atoms with E-state index in [1.165, 1.54) is 32.6 Å². The molecule has 1 heterocycles. The number of piperidine rings is 1. The SMILES string of the molecule is CC(=O)Nc1cccc(C(=O)OCC(=O)N2CCC[C@H]3CCCC[C@H]32)c1. The number of anilines is 1. The molecule has 1 aliphatic carbocycles. The predicted molar refractivity (Wildman–Crippen MR) is 97.7 cm³/mol. The molecule has 1 N–H and O–H groups in total. The first-order valence-electron chi connectivity index (χ1n) is 9.39. The molecular weight excluding hydrogens is 332 g/mol. The molecule has 6 heteroatoms. The molecule has 3 rings (SSSR count). The second kappa shape index (κ2) is 8.34. The lowest BCUT2D eigenvalue weighted by atomic mass is 9.78. The van der Waals surface area contributed by atoms with Gasteiger partial charge in [-0.3, -0.25) is 9.59 Å². The van der Waals surface area contributed by atoms with Gasteiger partial charge in [0.15, 0.2) is 6.61 Å². The summed E-state index contributed by atoms with van der Waals surface area (Å²) in [5, 5.41) is 2.63. The van der Waals surface area contributed by atoms with Crippen molar-refractivity contribution in [3.8, 4) is 0 Å². The minimum absolute atomic E-state index is 0.104. The fourth-order valence-electron chi connectivity index (χ4n) is 4.16. The van der Waals surface area contributed by atoms with Gasteiger partial charge in [-0.05, 0) is 49.8 Å². The van der Waals surface area contributed by atoms with Crippen molar-refractivity contribution in [1.82, 2.24) is 4.90 Å². The largest absolute Gasteiger partial charge is 0.452 e. The van der Waals surface area contributed by atoms with Crippen LogP contribution in [0.2, 0.25) is 0 Å². The maximum atomic E-state index is 12.6. The fourth-order valence-corrected chi connectivity index (χ4v) is 4.16. The molecule has 2 fully saturated rings. The van der Waals surface area contributed by atoms with Gasteiger partial charge in [-0.2, -0.15) is 0 Å². The first-order chi connectivity index (χ1) is 12.5. The molecule has 6 nitrogen and oxygen atoms in total. The van der Waals surface area contributed by atoms with Gasteiger partial charge in [-0.1, -0.05) is 18.9 Å². The monoisotopic (exact) mass is 358 g/mol. The van der Waals surface area contributed by atoms with Gasteiger partial charge in [0.1, 0.15) is 0 Å². The smallest absolute Gasteiger partial charge is 0.338 e. The maximum Gasteiger partial charge on any atom is 0.338 e. The first-order valence-corrected chi connectivity index (χ1v) is 9.39. The van der Waals surface area contributed by atoms with Crippen molar-refractivity contribution < 1.29 is 19.1 Å². The number of ether oxygens (including phenoxy) is 1. The first kappa shape index (κ1) is 18.4. The van der Waals surface area contributed by atoms with Crippen LogP contribution in [0.4, 0.5) is 5.69 Å². The summed E-state index contributed by atoms with van der Waals surface area (Å²) >= 11 is 0. The number of amides is 2. The third-order valence-electron chi connectivity index (χ3n) is 5.31. The van der Waals surface area contributed by atoms with Crippen LogP contribution in [0.1, 0.15) is 55.8 Å². The Labute approximate surface area is 153 Å². The van der Waals surface area contributed by atoms with E-state index in [0.29, 0.717) is 23.2 Å². The van der Waals surface area contributed by atoms with Crippen LogP contribution in [0.15, 0.2) is 24.3 Å². The van der Waals surface area contributed by atoms with E-state index in [-0.39, 0.29) is 18.4 Å². The zero-order valence-corrected chi connectivity index (χ0v) is 15.2. The maximum absolute atomic E-state index is 12.6. The molecule has 140 valence electrons. The van der Waals surface area contributed by atoms with Crippen LogP contribution in [0.5, 0.6) is 0 Å². The Kier molecular flexibility index (Phi) is 5.91. The normalized spacial score (nSPS) is 22.3. The molecule has 2 atom stereocenters. The van der Waals surface area contributed by atoms with E-state index in [1.54, 1.807) is 24.3 Å². The Balaban J connectivity index is 1.57. The van der Waals surface area contributed by atoms with Crippen LogP contribution in [0.3, 0.4) is 0 Å². The Morgan fingerprint density at radius 1 is 1.15 bits per heavy atom. The molecule has 1 aliphatic heterocycles. The van der Waals surface area contributed by atoms with Crippen molar-refractivity contribution >= 4 is 23.5 Å². The number of carbonyl (C=O) groups is 3. The quantitative estimate of drug-likeness (QED) is 0.840. The van der Waals surface area contributed by atoms with E-state index in [4.69, 9.17) is 4.74 Å². The number of hydrogen-bond acceptors (Lipinski definition) is 4. The molecule has 0 spiro atoms. The van der Waals surface area contributed by atoms with Crippen molar-refractivity contribution in [2.24, 2.45) is 5.92 Å². The van der Waals surface area contributed by atoms with Crippen LogP contribution < -0.4 is 5.32 Å². The van der Waals surface area contributed by atoms with E-state index in [2.05, 4.69) is 5.32 Å². The third-order valence-corrected chi connectivity index (χ3v) is 5.31. The lowest BCUT2D eigenvalue weighted by Gasteiger charge is -2.44. The molecule has 1 aromatic carbocycles. The molecule has 0 unspecified atom stereocenters. The van der Waals surface area contributed by atoms with E-state index < -0.39 is 5.97 Å². The van der Waals surface area contributed by atoms with Gasteiger partial charge in [-0.15, -0.1) is 0 Å². The number of rotatable bonds is 4. The van der Waals surface area contributed by atoms with Crippen molar-refractivity contribution in [3.05, 3.63) is 29.8 Å². The second-order valence-electron chi connectivity index (χ2n) is 7.18. The standard InChI is InChI=1S/C20H26N2O4/c1-14(23)21-17-9-4-7-16(12-17)20(25)26-13-19(24)22-11-5-8-15-6-2-3-10-18(15)22/h4,7,9,12,15,18H,2-3,5-6,8,10-11,13H2,1H3,(H,21,23)/t15-,18-/m1/s1. The highest BCUT2D eigenvalue weighted by Gasteiger charge is 2.35. The highest BCUT2D eigenvalue weighted by molar-refractivity contribution is 5.94. The van der Waals surface area contributed by atoms with E-state index in [9.17, 15) is 14.4 Å². The zero-order valence-electron chi connectivity index (χ0n) is 15.2. The van der Waals surface area contributed by atoms with Crippen molar-refractivity contribution in [2.45, 2.75) is 51.5 Å². The Morgan fingerprint density at radius 3 is 2.73 bits per heavy atom. The molecule has 26 heavy (non-hydrogen) atoms. The second-order valence-corrected chi connectivity index (χ2v) is 7.18. The number of carbonyl (C=O) groups excluding carboxylic acids is 3. The van der Waals surface area contributed by atoms with Crippen LogP contribution in [0.25, 0.3) is 0 Å². The molecule has 0 aromatic heterocycles. The molecule has 1 aromatic rings. The lowest BCUT2D eigenvalue weighted by Crippen LogP contribution is -2.50.